The molecule has 5 aliphatic carbocycles. The fourth-order valence-corrected chi connectivity index (χ4v) is 13.1. The van der Waals surface area contributed by atoms with Crippen LogP contribution >= 0.6 is 0 Å². The monoisotopic (exact) mass is 682 g/mol. The summed E-state index contributed by atoms with van der Waals surface area (Å²) in [4.78, 5) is 44.2. The quantitative estimate of drug-likeness (QED) is 0.255. The highest BCUT2D eigenvalue weighted by molar-refractivity contribution is 6.03. The van der Waals surface area contributed by atoms with E-state index in [0.717, 1.165) is 61.5 Å². The van der Waals surface area contributed by atoms with Gasteiger partial charge in [-0.1, -0.05) is 78.3 Å². The molecular weight excluding hydrogens is 624 g/mol. The normalized spacial score (nSPS) is 41.7. The van der Waals surface area contributed by atoms with Gasteiger partial charge in [-0.05, 0) is 109 Å². The van der Waals surface area contributed by atoms with Gasteiger partial charge in [0.05, 0.1) is 16.6 Å². The maximum Gasteiger partial charge on any atom is 0.303 e. The van der Waals surface area contributed by atoms with Gasteiger partial charge in [0, 0.05) is 30.8 Å². The first-order valence-electron chi connectivity index (χ1n) is 19.2. The third kappa shape index (κ3) is 4.94. The van der Waals surface area contributed by atoms with Gasteiger partial charge >= 0.3 is 11.9 Å². The van der Waals surface area contributed by atoms with E-state index in [1.165, 1.54) is 19.4 Å². The molecule has 0 radical (unpaired) electrons. The zero-order valence-corrected chi connectivity index (χ0v) is 31.7. The van der Waals surface area contributed by atoms with Gasteiger partial charge in [-0.25, -0.2) is 0 Å². The van der Waals surface area contributed by atoms with Crippen LogP contribution in [0.4, 0.5) is 5.69 Å². The van der Waals surface area contributed by atoms with Gasteiger partial charge < -0.3 is 14.8 Å². The Labute approximate surface area is 298 Å². The van der Waals surface area contributed by atoms with Crippen molar-refractivity contribution in [2.75, 3.05) is 5.32 Å². The standard InChI is InChI=1S/C43H58N2O5/c1-25-16-20-43(38(48)45-32-18-23-44-31-13-11-10-12-29(31)32)22-21-41(8)30(36(43)26(25)2)14-15-35-40(7)24-33(49-27(3)46)37(50-28(4)47)39(5,6)34(40)17-19-42(35,41)9/h10-14,18,23,25-26,33-37H,15-17,19-22,24H2,1-9H3,(H,44,45,48)/t25-,26+,33+,34+,35-,36+,37+,40+,41-,42-,43+/m1/s1. The van der Waals surface area contributed by atoms with Crippen molar-refractivity contribution in [3.05, 3.63) is 48.2 Å². The molecule has 0 spiro atoms. The van der Waals surface area contributed by atoms with E-state index in [1.54, 1.807) is 6.20 Å². The number of hydrogen-bond acceptors (Lipinski definition) is 6. The zero-order valence-electron chi connectivity index (χ0n) is 31.7. The number of carbonyl (C=O) groups is 3. The van der Waals surface area contributed by atoms with Crippen LogP contribution in [0.2, 0.25) is 0 Å². The fourth-order valence-electron chi connectivity index (χ4n) is 13.1. The summed E-state index contributed by atoms with van der Waals surface area (Å²) in [5.74, 6) is 1.26. The number of pyridine rings is 1. The summed E-state index contributed by atoms with van der Waals surface area (Å²) in [5, 5.41) is 4.44. The summed E-state index contributed by atoms with van der Waals surface area (Å²) >= 11 is 0. The third-order valence-corrected chi connectivity index (χ3v) is 15.8. The SMILES string of the molecule is CC(=O)O[C@H]1C[C@]2(C)[C@H]3CC=C4[C@@H]5[C@@H](C)[C@H](C)CC[C@]5(C(=O)Nc5ccnc6ccccc56)CC[C@@]4(C)[C@]3(C)CC[C@H]2C(C)(C)[C@H]1OC(C)=O. The number of rotatable bonds is 4. The molecule has 1 N–H and O–H groups in total. The number of allylic oxidation sites excluding steroid dienone is 2. The number of nitrogens with one attached hydrogen (secondary N) is 1. The predicted octanol–water partition coefficient (Wildman–Crippen LogP) is 9.30. The molecule has 1 heterocycles. The van der Waals surface area contributed by atoms with E-state index in [0.29, 0.717) is 30.1 Å². The maximum absolute atomic E-state index is 14.9. The van der Waals surface area contributed by atoms with Crippen LogP contribution in [0.1, 0.15) is 114 Å². The first-order valence-corrected chi connectivity index (χ1v) is 19.2. The second kappa shape index (κ2) is 11.9. The number of hydrogen-bond donors (Lipinski definition) is 1. The van der Waals surface area contributed by atoms with Gasteiger partial charge in [-0.3, -0.25) is 19.4 Å². The van der Waals surface area contributed by atoms with Crippen LogP contribution in [-0.2, 0) is 23.9 Å². The molecule has 0 unspecified atom stereocenters. The number of aromatic nitrogens is 1. The van der Waals surface area contributed by atoms with Crippen LogP contribution in [0.5, 0.6) is 0 Å². The van der Waals surface area contributed by atoms with Crippen molar-refractivity contribution in [2.24, 2.45) is 56.7 Å². The van der Waals surface area contributed by atoms with E-state index >= 15 is 0 Å². The predicted molar refractivity (Wildman–Crippen MR) is 196 cm³/mol. The molecule has 0 aliphatic heterocycles. The maximum atomic E-state index is 14.9. The van der Waals surface area contributed by atoms with Gasteiger partial charge in [0.15, 0.2) is 0 Å². The molecule has 1 aromatic heterocycles. The van der Waals surface area contributed by atoms with Gasteiger partial charge in [0.25, 0.3) is 0 Å². The van der Waals surface area contributed by atoms with Crippen molar-refractivity contribution in [1.29, 1.82) is 0 Å². The molecule has 11 atom stereocenters. The van der Waals surface area contributed by atoms with Crippen LogP contribution in [0.25, 0.3) is 10.9 Å². The highest BCUT2D eigenvalue weighted by Crippen LogP contribution is 2.76. The summed E-state index contributed by atoms with van der Waals surface area (Å²) in [7, 11) is 0. The van der Waals surface area contributed by atoms with E-state index in [1.807, 2.05) is 30.3 Å². The van der Waals surface area contributed by atoms with Crippen molar-refractivity contribution < 1.29 is 23.9 Å². The molecule has 270 valence electrons. The van der Waals surface area contributed by atoms with E-state index < -0.39 is 17.6 Å². The highest BCUT2D eigenvalue weighted by atomic mass is 16.6. The number of fused-ring (bicyclic) bond motifs is 8. The molecule has 0 saturated heterocycles. The Morgan fingerprint density at radius 2 is 1.58 bits per heavy atom. The van der Waals surface area contributed by atoms with Crippen LogP contribution in [0.15, 0.2) is 48.2 Å². The minimum atomic E-state index is -0.487. The number of para-hydroxylation sites is 1. The van der Waals surface area contributed by atoms with Crippen LogP contribution in [-0.4, -0.2) is 35.0 Å². The van der Waals surface area contributed by atoms with E-state index in [2.05, 4.69) is 64.8 Å². The van der Waals surface area contributed by atoms with Gasteiger partial charge in [-0.2, -0.15) is 0 Å². The number of ether oxygens (including phenoxy) is 2. The van der Waals surface area contributed by atoms with Crippen LogP contribution in [0.3, 0.4) is 0 Å². The van der Waals surface area contributed by atoms with Crippen molar-refractivity contribution in [1.82, 2.24) is 4.98 Å². The van der Waals surface area contributed by atoms with Gasteiger partial charge in [0.1, 0.15) is 12.2 Å². The molecule has 4 fully saturated rings. The van der Waals surface area contributed by atoms with Gasteiger partial charge in [0.2, 0.25) is 5.91 Å². The fraction of sp³-hybridized carbons (Fsp3) is 0.674. The van der Waals surface area contributed by atoms with E-state index in [9.17, 15) is 14.4 Å². The van der Waals surface area contributed by atoms with Crippen LogP contribution in [0, 0.1) is 56.7 Å². The lowest BCUT2D eigenvalue weighted by Gasteiger charge is -2.71. The van der Waals surface area contributed by atoms with Crippen LogP contribution < -0.4 is 5.32 Å². The van der Waals surface area contributed by atoms with Crippen molar-refractivity contribution in [2.45, 2.75) is 126 Å². The van der Waals surface area contributed by atoms with E-state index in [4.69, 9.17) is 9.47 Å². The van der Waals surface area contributed by atoms with Crippen molar-refractivity contribution in [3.63, 3.8) is 0 Å². The average Bonchev–Trinajstić information content (AvgIpc) is 3.04. The minimum absolute atomic E-state index is 0.00218. The smallest absolute Gasteiger partial charge is 0.303 e. The number of anilines is 1. The Hall–Kier alpha value is -3.22. The lowest BCUT2D eigenvalue weighted by molar-refractivity contribution is -0.244. The summed E-state index contributed by atoms with van der Waals surface area (Å²) < 4.78 is 12.0. The summed E-state index contributed by atoms with van der Waals surface area (Å²) in [6.07, 6.45) is 11.0. The first kappa shape index (κ1) is 35.2. The summed E-state index contributed by atoms with van der Waals surface area (Å²) in [6.45, 7) is 19.7. The minimum Gasteiger partial charge on any atom is -0.459 e. The van der Waals surface area contributed by atoms with Gasteiger partial charge in [-0.15, -0.1) is 0 Å². The number of carbonyl (C=O) groups excluding carboxylic acids is 3. The molecule has 4 saturated carbocycles. The number of benzene rings is 1. The highest BCUT2D eigenvalue weighted by Gasteiger charge is 2.71. The molecule has 1 amide bonds. The largest absolute Gasteiger partial charge is 0.459 e. The number of amides is 1. The summed E-state index contributed by atoms with van der Waals surface area (Å²) in [5.41, 5.74) is 2.23. The molecule has 5 aliphatic rings. The second-order valence-electron chi connectivity index (χ2n) is 18.3. The third-order valence-electron chi connectivity index (χ3n) is 15.8. The molecular formula is C43H58N2O5. The zero-order chi connectivity index (χ0) is 36.0. The molecule has 0 bridgehead atoms. The Morgan fingerprint density at radius 1 is 0.860 bits per heavy atom. The second-order valence-corrected chi connectivity index (χ2v) is 18.3. The van der Waals surface area contributed by atoms with Crippen molar-refractivity contribution >= 4 is 34.4 Å². The Balaban J connectivity index is 1.28. The molecule has 50 heavy (non-hydrogen) atoms. The molecule has 2 aromatic rings. The molecule has 7 rings (SSSR count). The summed E-state index contributed by atoms with van der Waals surface area (Å²) in [6, 6.07) is 9.99. The van der Waals surface area contributed by atoms with Crippen molar-refractivity contribution in [3.8, 4) is 0 Å². The average molecular weight is 683 g/mol. The lowest BCUT2D eigenvalue weighted by Crippen LogP contribution is -2.68. The number of nitrogens with zero attached hydrogens (tertiary/aromatic N) is 1. The Kier molecular flexibility index (Phi) is 8.39. The molecule has 1 aromatic carbocycles. The topological polar surface area (TPSA) is 94.6 Å². The lowest BCUT2D eigenvalue weighted by atomic mass is 9.33. The first-order chi connectivity index (χ1) is 23.5. The number of esters is 2. The Bertz CT molecular complexity index is 1740. The Morgan fingerprint density at radius 3 is 2.30 bits per heavy atom. The van der Waals surface area contributed by atoms with E-state index in [-0.39, 0.29) is 45.4 Å². The molecule has 7 nitrogen and oxygen atoms in total. The molecule has 7 heteroatoms.